The molecule has 1 aliphatic heterocycles. The van der Waals surface area contributed by atoms with Gasteiger partial charge < -0.3 is 4.90 Å². The molecule has 30 heavy (non-hydrogen) atoms. The van der Waals surface area contributed by atoms with Gasteiger partial charge in [-0.05, 0) is 29.9 Å². The van der Waals surface area contributed by atoms with E-state index in [1.165, 1.54) is 30.2 Å². The molecule has 6 nitrogen and oxygen atoms in total. The van der Waals surface area contributed by atoms with Gasteiger partial charge in [0, 0.05) is 38.8 Å². The standard InChI is InChI=1S/C22H25N5OS2/c28-20(26-12-10-25(11-13-26)15-17-5-2-1-3-6-17)16-30-22-24-23-21(19-7-4-14-29-19)27(22)18-8-9-18/h1-7,14,18H,8-13,15-16H2. The Balaban J connectivity index is 1.16. The van der Waals surface area contributed by atoms with Gasteiger partial charge in [-0.1, -0.05) is 48.2 Å². The van der Waals surface area contributed by atoms with Crippen molar-refractivity contribution in [1.82, 2.24) is 24.6 Å². The summed E-state index contributed by atoms with van der Waals surface area (Å²) < 4.78 is 2.24. The molecule has 5 rings (SSSR count). The number of benzene rings is 1. The first kappa shape index (κ1) is 19.8. The van der Waals surface area contributed by atoms with Crippen molar-refractivity contribution in [2.24, 2.45) is 0 Å². The van der Waals surface area contributed by atoms with Crippen LogP contribution >= 0.6 is 23.1 Å². The lowest BCUT2D eigenvalue weighted by atomic mass is 10.2. The van der Waals surface area contributed by atoms with Crippen molar-refractivity contribution in [3.05, 3.63) is 53.4 Å². The van der Waals surface area contributed by atoms with Crippen molar-refractivity contribution in [3.8, 4) is 10.7 Å². The predicted octanol–water partition coefficient (Wildman–Crippen LogP) is 3.78. The minimum atomic E-state index is 0.197. The minimum absolute atomic E-state index is 0.197. The highest BCUT2D eigenvalue weighted by Gasteiger charge is 2.31. The number of amides is 1. The van der Waals surface area contributed by atoms with Crippen LogP contribution < -0.4 is 0 Å². The smallest absolute Gasteiger partial charge is 0.233 e. The summed E-state index contributed by atoms with van der Waals surface area (Å²) in [7, 11) is 0. The molecule has 3 aromatic rings. The first-order chi connectivity index (χ1) is 14.8. The average molecular weight is 440 g/mol. The van der Waals surface area contributed by atoms with Gasteiger partial charge in [0.2, 0.25) is 5.91 Å². The van der Waals surface area contributed by atoms with E-state index in [1.54, 1.807) is 11.3 Å². The zero-order valence-corrected chi connectivity index (χ0v) is 18.4. The summed E-state index contributed by atoms with van der Waals surface area (Å²) in [5.41, 5.74) is 1.33. The van der Waals surface area contributed by atoms with Crippen LogP contribution in [0.25, 0.3) is 10.7 Å². The Morgan fingerprint density at radius 2 is 1.83 bits per heavy atom. The summed E-state index contributed by atoms with van der Waals surface area (Å²) in [6.45, 7) is 4.38. The summed E-state index contributed by atoms with van der Waals surface area (Å²) >= 11 is 3.21. The molecule has 0 N–H and O–H groups in total. The third kappa shape index (κ3) is 4.45. The molecule has 2 aromatic heterocycles. The molecule has 0 unspecified atom stereocenters. The van der Waals surface area contributed by atoms with Crippen LogP contribution in [0, 0.1) is 0 Å². The Kier molecular flexibility index (Phi) is 5.88. The first-order valence-corrected chi connectivity index (χ1v) is 12.3. The van der Waals surface area contributed by atoms with E-state index in [0.717, 1.165) is 48.6 Å². The molecular weight excluding hydrogens is 414 g/mol. The number of aromatic nitrogens is 3. The van der Waals surface area contributed by atoms with Crippen LogP contribution in [0.2, 0.25) is 0 Å². The number of thiophene rings is 1. The number of rotatable bonds is 7. The normalized spacial score (nSPS) is 17.4. The second-order valence-electron chi connectivity index (χ2n) is 7.82. The Bertz CT molecular complexity index is 976. The van der Waals surface area contributed by atoms with Gasteiger partial charge in [-0.25, -0.2) is 0 Å². The van der Waals surface area contributed by atoms with Gasteiger partial charge >= 0.3 is 0 Å². The van der Waals surface area contributed by atoms with E-state index in [-0.39, 0.29) is 5.91 Å². The molecular formula is C22H25N5OS2. The van der Waals surface area contributed by atoms with Crippen LogP contribution in [0.3, 0.4) is 0 Å². The van der Waals surface area contributed by atoms with Crippen LogP contribution in [-0.4, -0.2) is 62.4 Å². The number of carbonyl (C=O) groups excluding carboxylic acids is 1. The Labute approximate surface area is 184 Å². The van der Waals surface area contributed by atoms with Gasteiger partial charge in [0.25, 0.3) is 0 Å². The lowest BCUT2D eigenvalue weighted by Crippen LogP contribution is -2.48. The second-order valence-corrected chi connectivity index (χ2v) is 9.71. The largest absolute Gasteiger partial charge is 0.339 e. The molecule has 2 aliphatic rings. The van der Waals surface area contributed by atoms with E-state index in [1.807, 2.05) is 17.0 Å². The fraction of sp³-hybridized carbons (Fsp3) is 0.409. The molecule has 0 bridgehead atoms. The molecule has 3 heterocycles. The number of nitrogens with zero attached hydrogens (tertiary/aromatic N) is 5. The summed E-state index contributed by atoms with van der Waals surface area (Å²) in [6, 6.07) is 15.1. The van der Waals surface area contributed by atoms with Crippen LogP contribution in [0.1, 0.15) is 24.4 Å². The highest BCUT2D eigenvalue weighted by atomic mass is 32.2. The molecule has 1 saturated carbocycles. The molecule has 156 valence electrons. The van der Waals surface area contributed by atoms with Crippen molar-refractivity contribution in [3.63, 3.8) is 0 Å². The van der Waals surface area contributed by atoms with Crippen molar-refractivity contribution in [2.75, 3.05) is 31.9 Å². The summed E-state index contributed by atoms with van der Waals surface area (Å²) in [4.78, 5) is 18.4. The van der Waals surface area contributed by atoms with Crippen LogP contribution in [0.15, 0.2) is 53.0 Å². The third-order valence-electron chi connectivity index (χ3n) is 5.62. The highest BCUT2D eigenvalue weighted by Crippen LogP contribution is 2.41. The predicted molar refractivity (Wildman–Crippen MR) is 121 cm³/mol. The Morgan fingerprint density at radius 3 is 2.53 bits per heavy atom. The SMILES string of the molecule is O=C(CSc1nnc(-c2cccs2)n1C1CC1)N1CCN(Cc2ccccc2)CC1. The molecule has 1 aromatic carbocycles. The van der Waals surface area contributed by atoms with Crippen molar-refractivity contribution >= 4 is 29.0 Å². The summed E-state index contributed by atoms with van der Waals surface area (Å²) in [5.74, 6) is 1.56. The zero-order chi connectivity index (χ0) is 20.3. The zero-order valence-electron chi connectivity index (χ0n) is 16.8. The van der Waals surface area contributed by atoms with E-state index in [2.05, 4.69) is 55.4 Å². The number of carbonyl (C=O) groups is 1. The lowest BCUT2D eigenvalue weighted by molar-refractivity contribution is -0.130. The fourth-order valence-electron chi connectivity index (χ4n) is 3.83. The van der Waals surface area contributed by atoms with E-state index in [4.69, 9.17) is 0 Å². The summed E-state index contributed by atoms with van der Waals surface area (Å²) in [5, 5.41) is 11.8. The number of hydrogen-bond acceptors (Lipinski definition) is 6. The number of hydrogen-bond donors (Lipinski definition) is 0. The maximum absolute atomic E-state index is 12.8. The molecule has 0 radical (unpaired) electrons. The van der Waals surface area contributed by atoms with Crippen LogP contribution in [0.5, 0.6) is 0 Å². The maximum atomic E-state index is 12.8. The van der Waals surface area contributed by atoms with E-state index in [9.17, 15) is 4.79 Å². The lowest BCUT2D eigenvalue weighted by Gasteiger charge is -2.34. The number of piperazine rings is 1. The first-order valence-electron chi connectivity index (χ1n) is 10.4. The number of thioether (sulfide) groups is 1. The molecule has 2 fully saturated rings. The van der Waals surface area contributed by atoms with Crippen LogP contribution in [-0.2, 0) is 11.3 Å². The van der Waals surface area contributed by atoms with Crippen molar-refractivity contribution in [2.45, 2.75) is 30.6 Å². The van der Waals surface area contributed by atoms with Gasteiger partial charge in [-0.2, -0.15) is 0 Å². The molecule has 1 aliphatic carbocycles. The topological polar surface area (TPSA) is 54.3 Å². The van der Waals surface area contributed by atoms with E-state index < -0.39 is 0 Å². The Morgan fingerprint density at radius 1 is 1.03 bits per heavy atom. The maximum Gasteiger partial charge on any atom is 0.233 e. The molecule has 0 spiro atoms. The third-order valence-corrected chi connectivity index (χ3v) is 7.41. The molecule has 1 amide bonds. The molecule has 0 atom stereocenters. The van der Waals surface area contributed by atoms with Crippen molar-refractivity contribution in [1.29, 1.82) is 0 Å². The molecule has 1 saturated heterocycles. The van der Waals surface area contributed by atoms with Gasteiger partial charge in [-0.15, -0.1) is 21.5 Å². The fourth-order valence-corrected chi connectivity index (χ4v) is 5.44. The highest BCUT2D eigenvalue weighted by molar-refractivity contribution is 7.99. The monoisotopic (exact) mass is 439 g/mol. The minimum Gasteiger partial charge on any atom is -0.339 e. The second kappa shape index (κ2) is 8.91. The average Bonchev–Trinajstić information content (AvgIpc) is 3.30. The van der Waals surface area contributed by atoms with E-state index in [0.29, 0.717) is 11.8 Å². The van der Waals surface area contributed by atoms with Gasteiger partial charge in [0.15, 0.2) is 11.0 Å². The van der Waals surface area contributed by atoms with Gasteiger partial charge in [0.1, 0.15) is 0 Å². The quantitative estimate of drug-likeness (QED) is 0.525. The van der Waals surface area contributed by atoms with Gasteiger partial charge in [-0.3, -0.25) is 14.3 Å². The van der Waals surface area contributed by atoms with Gasteiger partial charge in [0.05, 0.1) is 10.6 Å². The Hall–Kier alpha value is -2.16. The summed E-state index contributed by atoms with van der Waals surface area (Å²) in [6.07, 6.45) is 2.34. The molecule has 8 heteroatoms. The van der Waals surface area contributed by atoms with E-state index >= 15 is 0 Å². The van der Waals surface area contributed by atoms with Crippen molar-refractivity contribution < 1.29 is 4.79 Å². The van der Waals surface area contributed by atoms with Crippen LogP contribution in [0.4, 0.5) is 0 Å².